The number of rotatable bonds is 1. The Kier molecular flexibility index (Phi) is 7.81. The Morgan fingerprint density at radius 3 is 2.27 bits per heavy atom. The zero-order valence-electron chi connectivity index (χ0n) is 34.7. The molecule has 0 unspecified atom stereocenters. The molecule has 0 N–H and O–H groups in total. The van der Waals surface area contributed by atoms with Crippen molar-refractivity contribution in [1.29, 1.82) is 0 Å². The van der Waals surface area contributed by atoms with Crippen LogP contribution < -0.4 is 9.30 Å². The Morgan fingerprint density at radius 2 is 1.36 bits per heavy atom. The van der Waals surface area contributed by atoms with Crippen LogP contribution in [0.4, 0.5) is 0 Å². The summed E-state index contributed by atoms with van der Waals surface area (Å²) >= 11 is 0. The fourth-order valence-electron chi connectivity index (χ4n) is 10.5. The minimum atomic E-state index is -0.433. The molecule has 0 spiro atoms. The molecule has 6 nitrogen and oxygen atoms in total. The van der Waals surface area contributed by atoms with E-state index in [1.807, 2.05) is 24.4 Å². The van der Waals surface area contributed by atoms with E-state index in [0.29, 0.717) is 11.5 Å². The van der Waals surface area contributed by atoms with Crippen molar-refractivity contribution < 1.29 is 30.4 Å². The summed E-state index contributed by atoms with van der Waals surface area (Å²) in [7, 11) is 0. The molecule has 0 fully saturated rings. The van der Waals surface area contributed by atoms with Gasteiger partial charge in [0.25, 0.3) is 6.33 Å². The van der Waals surface area contributed by atoms with Crippen LogP contribution >= 0.6 is 0 Å². The van der Waals surface area contributed by atoms with Crippen LogP contribution in [0.2, 0.25) is 0 Å². The predicted octanol–water partition coefficient (Wildman–Crippen LogP) is 13.0. The summed E-state index contributed by atoms with van der Waals surface area (Å²) in [5, 5.41) is 7.08. The summed E-state index contributed by atoms with van der Waals surface area (Å²) in [5.41, 5.74) is 13.7. The number of benzene rings is 8. The van der Waals surface area contributed by atoms with Crippen LogP contribution in [0, 0.1) is 18.5 Å². The molecule has 10 bridgehead atoms. The molecule has 6 heterocycles. The minimum Gasteiger partial charge on any atom is -0.510 e. The first-order valence-electron chi connectivity index (χ1n) is 21.4. The summed E-state index contributed by atoms with van der Waals surface area (Å²) in [4.78, 5) is 5.10. The van der Waals surface area contributed by atoms with Crippen LogP contribution in [0.1, 0.15) is 25.0 Å². The summed E-state index contributed by atoms with van der Waals surface area (Å²) in [6, 6.07) is 67.9. The Labute approximate surface area is 382 Å². The number of ether oxygens (including phenoxy) is 1. The average Bonchev–Trinajstić information content (AvgIpc) is 4.07. The zero-order chi connectivity index (χ0) is 41.6. The largest absolute Gasteiger partial charge is 0.510 e. The number of para-hydroxylation sites is 3. The molecule has 0 saturated heterocycles. The Hall–Kier alpha value is -7.53. The van der Waals surface area contributed by atoms with Gasteiger partial charge in [0.1, 0.15) is 5.82 Å². The van der Waals surface area contributed by atoms with E-state index in [-0.39, 0.29) is 21.1 Å². The van der Waals surface area contributed by atoms with Crippen LogP contribution in [0.25, 0.3) is 99.3 Å². The van der Waals surface area contributed by atoms with Crippen molar-refractivity contribution >= 4 is 70.9 Å². The van der Waals surface area contributed by atoms with Gasteiger partial charge in [-0.25, -0.2) is 4.98 Å². The first-order chi connectivity index (χ1) is 31.0. The molecule has 1 aliphatic rings. The monoisotopic (exact) mass is 1000 g/mol. The molecule has 0 radical (unpaired) electrons. The average molecular weight is 1000 g/mol. The van der Waals surface area contributed by atoms with Crippen LogP contribution in [-0.2, 0) is 26.5 Å². The number of pyridine rings is 1. The van der Waals surface area contributed by atoms with Crippen LogP contribution in [0.5, 0.6) is 11.5 Å². The van der Waals surface area contributed by atoms with Gasteiger partial charge in [0, 0.05) is 71.2 Å². The summed E-state index contributed by atoms with van der Waals surface area (Å²) < 4.78 is 15.7. The zero-order valence-corrected chi connectivity index (χ0v) is 37.0. The topological polar surface area (TPSA) is 40.3 Å². The maximum Gasteiger partial charge on any atom is 0.268 e. The minimum absolute atomic E-state index is 0. The van der Waals surface area contributed by atoms with Gasteiger partial charge in [-0.05, 0) is 75.8 Å². The molecule has 64 heavy (non-hydrogen) atoms. The number of aromatic nitrogens is 5. The second-order valence-corrected chi connectivity index (χ2v) is 17.2. The van der Waals surface area contributed by atoms with Crippen molar-refractivity contribution in [1.82, 2.24) is 18.5 Å². The van der Waals surface area contributed by atoms with Gasteiger partial charge in [-0.15, -0.1) is 29.7 Å². The molecule has 0 atom stereocenters. The summed E-state index contributed by atoms with van der Waals surface area (Å²) in [6.45, 7) is 4.69. The van der Waals surface area contributed by atoms with Gasteiger partial charge in [0.05, 0.1) is 33.3 Å². The van der Waals surface area contributed by atoms with Crippen molar-refractivity contribution in [3.63, 3.8) is 0 Å². The van der Waals surface area contributed by atoms with E-state index >= 15 is 0 Å². The van der Waals surface area contributed by atoms with Gasteiger partial charge >= 0.3 is 0 Å². The number of hydrogen-bond donors (Lipinski definition) is 0. The van der Waals surface area contributed by atoms with E-state index in [9.17, 15) is 0 Å². The van der Waals surface area contributed by atoms with Crippen LogP contribution in [0.3, 0.4) is 0 Å². The fraction of sp³-hybridized carbons (Fsp3) is 0.0526. The maximum atomic E-state index is 6.68. The predicted molar refractivity (Wildman–Crippen MR) is 252 cm³/mol. The van der Waals surface area contributed by atoms with Crippen LogP contribution in [0.15, 0.2) is 176 Å². The second-order valence-electron chi connectivity index (χ2n) is 17.2. The molecule has 8 aromatic carbocycles. The van der Waals surface area contributed by atoms with Crippen molar-refractivity contribution in [3.8, 4) is 39.8 Å². The molecule has 7 heteroatoms. The molecule has 0 saturated carbocycles. The third-order valence-electron chi connectivity index (χ3n) is 13.5. The van der Waals surface area contributed by atoms with Gasteiger partial charge in [0.2, 0.25) is 0 Å². The van der Waals surface area contributed by atoms with Gasteiger partial charge in [-0.2, -0.15) is 18.2 Å². The molecule has 13 aromatic rings. The SMILES string of the molecule is CC1(C)c2ccnc(c2)-n2c3[c-]c(ccc3c3cc(-c4ccccc4)ccc32)Oc2[c-]c(ccc2)-n2[c-][n+](c3ccccc32)-c2cc3c4ccccc4n4c5cccc1c5c(c2)c34.[Pt]. The summed E-state index contributed by atoms with van der Waals surface area (Å²) in [6.07, 6.45) is 5.72. The van der Waals surface area contributed by atoms with E-state index in [2.05, 4.69) is 202 Å². The smallest absolute Gasteiger partial charge is 0.268 e. The Balaban J connectivity index is 0.00000413. The number of imidazole rings is 1. The van der Waals surface area contributed by atoms with Crippen LogP contribution in [-0.4, -0.2) is 18.5 Å². The standard InChI is InChI=1S/C57H35N5O.Pt/c1-57(2)37-26-27-58-54(29-37)61-49-25-22-36(35-12-4-3-5-13-35)28-44(49)43-24-23-41(33-53(43)61)63-40-15-10-14-38(30-40)59-34-60(51-20-9-8-19-50(51)59)39-31-45-42-16-6-7-18-48(42)62-52-21-11-17-47(57)55(52)46(32-39)56(45)62;/h3-29,31-32H,1-2H3;/q-2;. The van der Waals surface area contributed by atoms with Gasteiger partial charge in [0.15, 0.2) is 0 Å². The molecular formula is C57H35N5OPt-2. The summed E-state index contributed by atoms with van der Waals surface area (Å²) in [5.74, 6) is 1.99. The number of hydrogen-bond acceptors (Lipinski definition) is 2. The number of fused-ring (bicyclic) bond motifs is 21. The normalized spacial score (nSPS) is 13.3. The molecule has 14 rings (SSSR count). The Morgan fingerprint density at radius 1 is 0.578 bits per heavy atom. The maximum absolute atomic E-state index is 6.68. The van der Waals surface area contributed by atoms with E-state index in [1.165, 1.54) is 49.2 Å². The fourth-order valence-corrected chi connectivity index (χ4v) is 10.5. The first kappa shape index (κ1) is 37.1. The van der Waals surface area contributed by atoms with Gasteiger partial charge < -0.3 is 18.3 Å². The number of nitrogens with zero attached hydrogens (tertiary/aromatic N) is 5. The first-order valence-corrected chi connectivity index (χ1v) is 21.4. The third-order valence-corrected chi connectivity index (χ3v) is 13.5. The van der Waals surface area contributed by atoms with Crippen molar-refractivity contribution in [2.24, 2.45) is 0 Å². The van der Waals surface area contributed by atoms with E-state index in [4.69, 9.17) is 9.72 Å². The molecular weight excluding hydrogens is 966 g/mol. The Bertz CT molecular complexity index is 4040. The van der Waals surface area contributed by atoms with Crippen molar-refractivity contribution in [2.45, 2.75) is 19.3 Å². The molecule has 1 aliphatic heterocycles. The molecule has 306 valence electrons. The quantitative estimate of drug-likeness (QED) is 0.121. The molecule has 5 aromatic heterocycles. The molecule has 0 aliphatic carbocycles. The van der Waals surface area contributed by atoms with Gasteiger partial charge in [-0.1, -0.05) is 116 Å². The molecule has 0 amide bonds. The third kappa shape index (κ3) is 5.12. The van der Waals surface area contributed by atoms with E-state index in [0.717, 1.165) is 61.2 Å². The van der Waals surface area contributed by atoms with E-state index < -0.39 is 5.41 Å². The second kappa shape index (κ2) is 13.5. The van der Waals surface area contributed by atoms with Crippen molar-refractivity contribution in [2.75, 3.05) is 0 Å². The van der Waals surface area contributed by atoms with E-state index in [1.54, 1.807) is 0 Å². The van der Waals surface area contributed by atoms with Crippen molar-refractivity contribution in [3.05, 3.63) is 206 Å². The van der Waals surface area contributed by atoms with Gasteiger partial charge in [-0.3, -0.25) is 4.57 Å².